The fourth-order valence-electron chi connectivity index (χ4n) is 1.99. The second kappa shape index (κ2) is 3.98. The van der Waals surface area contributed by atoms with Crippen molar-refractivity contribution in [3.8, 4) is 11.5 Å². The molecule has 3 heteroatoms. The molecule has 0 unspecified atom stereocenters. The molecule has 3 nitrogen and oxygen atoms in total. The Hall–Kier alpha value is -1.22. The van der Waals surface area contributed by atoms with E-state index in [0.717, 1.165) is 35.5 Å². The monoisotopic (exact) mass is 222 g/mol. The number of hydrogen-bond acceptors (Lipinski definition) is 3. The lowest BCUT2D eigenvalue weighted by molar-refractivity contribution is 0.150. The van der Waals surface area contributed by atoms with E-state index in [1.807, 2.05) is 19.1 Å². The summed E-state index contributed by atoms with van der Waals surface area (Å²) in [7, 11) is 3.27. The first-order chi connectivity index (χ1) is 7.59. The lowest BCUT2D eigenvalue weighted by Crippen LogP contribution is -2.12. The van der Waals surface area contributed by atoms with Crippen molar-refractivity contribution in [2.24, 2.45) is 0 Å². The van der Waals surface area contributed by atoms with E-state index >= 15 is 0 Å². The molecule has 1 aromatic rings. The molecule has 0 spiro atoms. The van der Waals surface area contributed by atoms with E-state index < -0.39 is 5.60 Å². The van der Waals surface area contributed by atoms with E-state index in [-0.39, 0.29) is 0 Å². The van der Waals surface area contributed by atoms with E-state index in [1.54, 1.807) is 14.2 Å². The molecule has 88 valence electrons. The summed E-state index contributed by atoms with van der Waals surface area (Å²) in [6.45, 7) is 2.00. The van der Waals surface area contributed by atoms with Crippen LogP contribution < -0.4 is 9.47 Å². The van der Waals surface area contributed by atoms with Crippen LogP contribution in [0, 0.1) is 6.92 Å². The average molecular weight is 222 g/mol. The third-order valence-corrected chi connectivity index (χ3v) is 3.25. The van der Waals surface area contributed by atoms with Crippen molar-refractivity contribution >= 4 is 0 Å². The first-order valence-corrected chi connectivity index (χ1v) is 5.52. The van der Waals surface area contributed by atoms with Gasteiger partial charge in [0.05, 0.1) is 19.8 Å². The number of benzene rings is 1. The summed E-state index contributed by atoms with van der Waals surface area (Å²) in [6, 6.07) is 3.90. The highest BCUT2D eigenvalue weighted by Gasteiger charge is 2.40. The van der Waals surface area contributed by atoms with Crippen LogP contribution in [0.1, 0.15) is 24.0 Å². The van der Waals surface area contributed by atoms with Crippen LogP contribution in [-0.4, -0.2) is 24.9 Å². The van der Waals surface area contributed by atoms with Crippen LogP contribution in [-0.2, 0) is 6.42 Å². The predicted octanol–water partition coefficient (Wildman–Crippen LogP) is 2.08. The minimum atomic E-state index is -0.468. The first-order valence-electron chi connectivity index (χ1n) is 5.52. The van der Waals surface area contributed by atoms with Crippen molar-refractivity contribution in [2.75, 3.05) is 14.2 Å². The molecule has 0 amide bonds. The summed E-state index contributed by atoms with van der Waals surface area (Å²) >= 11 is 0. The van der Waals surface area contributed by atoms with Gasteiger partial charge in [-0.05, 0) is 37.0 Å². The smallest absolute Gasteiger partial charge is 0.163 e. The van der Waals surface area contributed by atoms with Gasteiger partial charge in [-0.15, -0.1) is 0 Å². The Bertz CT molecular complexity index is 394. The van der Waals surface area contributed by atoms with Gasteiger partial charge in [0.1, 0.15) is 0 Å². The van der Waals surface area contributed by atoms with Gasteiger partial charge < -0.3 is 14.6 Å². The largest absolute Gasteiger partial charge is 0.493 e. The van der Waals surface area contributed by atoms with Crippen molar-refractivity contribution in [2.45, 2.75) is 31.8 Å². The van der Waals surface area contributed by atoms with Gasteiger partial charge in [0, 0.05) is 6.42 Å². The average Bonchev–Trinajstić information content (AvgIpc) is 2.99. The molecular formula is C13H18O3. The topological polar surface area (TPSA) is 38.7 Å². The van der Waals surface area contributed by atoms with Crippen LogP contribution in [0.5, 0.6) is 11.5 Å². The summed E-state index contributed by atoms with van der Waals surface area (Å²) in [5, 5.41) is 9.92. The predicted molar refractivity (Wildman–Crippen MR) is 62.2 cm³/mol. The van der Waals surface area contributed by atoms with Crippen molar-refractivity contribution in [3.63, 3.8) is 0 Å². The maximum atomic E-state index is 9.92. The zero-order valence-corrected chi connectivity index (χ0v) is 10.0. The molecule has 0 atom stereocenters. The van der Waals surface area contributed by atoms with Crippen LogP contribution >= 0.6 is 0 Å². The Morgan fingerprint density at radius 1 is 1.25 bits per heavy atom. The summed E-state index contributed by atoms with van der Waals surface area (Å²) in [5.41, 5.74) is 1.73. The quantitative estimate of drug-likeness (QED) is 0.847. The third kappa shape index (κ3) is 2.00. The van der Waals surface area contributed by atoms with E-state index in [1.165, 1.54) is 0 Å². The molecule has 1 aliphatic carbocycles. The molecule has 1 aromatic carbocycles. The number of hydrogen-bond donors (Lipinski definition) is 1. The van der Waals surface area contributed by atoms with Gasteiger partial charge in [-0.3, -0.25) is 0 Å². The van der Waals surface area contributed by atoms with Gasteiger partial charge in [0.25, 0.3) is 0 Å². The fraction of sp³-hybridized carbons (Fsp3) is 0.538. The SMILES string of the molecule is COc1ccc(CC2(O)CC2)c(C)c1OC. The zero-order chi connectivity index (χ0) is 11.8. The summed E-state index contributed by atoms with van der Waals surface area (Å²) in [4.78, 5) is 0. The molecule has 1 saturated carbocycles. The molecule has 1 fully saturated rings. The van der Waals surface area contributed by atoms with Gasteiger partial charge in [0.15, 0.2) is 11.5 Å². The van der Waals surface area contributed by atoms with Crippen molar-refractivity contribution in [1.29, 1.82) is 0 Å². The molecule has 1 aliphatic rings. The Morgan fingerprint density at radius 3 is 2.44 bits per heavy atom. The van der Waals surface area contributed by atoms with Gasteiger partial charge in [0.2, 0.25) is 0 Å². The van der Waals surface area contributed by atoms with Crippen molar-refractivity contribution in [1.82, 2.24) is 0 Å². The number of ether oxygens (including phenoxy) is 2. The van der Waals surface area contributed by atoms with Crippen molar-refractivity contribution in [3.05, 3.63) is 23.3 Å². The van der Waals surface area contributed by atoms with E-state index in [0.29, 0.717) is 6.42 Å². The Kier molecular flexibility index (Phi) is 2.80. The summed E-state index contributed by atoms with van der Waals surface area (Å²) < 4.78 is 10.6. The molecule has 0 heterocycles. The maximum absolute atomic E-state index is 9.92. The van der Waals surface area contributed by atoms with Crippen LogP contribution in [0.2, 0.25) is 0 Å². The normalized spacial score (nSPS) is 17.0. The second-order valence-electron chi connectivity index (χ2n) is 4.49. The Labute approximate surface area is 96.0 Å². The molecule has 16 heavy (non-hydrogen) atoms. The summed E-state index contributed by atoms with van der Waals surface area (Å²) in [6.07, 6.45) is 2.51. The maximum Gasteiger partial charge on any atom is 0.163 e. The fourth-order valence-corrected chi connectivity index (χ4v) is 1.99. The molecule has 0 saturated heterocycles. The lowest BCUT2D eigenvalue weighted by Gasteiger charge is -2.16. The minimum Gasteiger partial charge on any atom is -0.493 e. The van der Waals surface area contributed by atoms with E-state index in [4.69, 9.17) is 9.47 Å². The third-order valence-electron chi connectivity index (χ3n) is 3.25. The highest BCUT2D eigenvalue weighted by atomic mass is 16.5. The molecule has 2 rings (SSSR count). The minimum absolute atomic E-state index is 0.468. The molecular weight excluding hydrogens is 204 g/mol. The number of methoxy groups -OCH3 is 2. The van der Waals surface area contributed by atoms with Crippen LogP contribution in [0.25, 0.3) is 0 Å². The summed E-state index contributed by atoms with van der Waals surface area (Å²) in [5.74, 6) is 1.51. The molecule has 0 aliphatic heterocycles. The first kappa shape index (κ1) is 11.3. The Morgan fingerprint density at radius 2 is 1.94 bits per heavy atom. The second-order valence-corrected chi connectivity index (χ2v) is 4.49. The lowest BCUT2D eigenvalue weighted by atomic mass is 10.00. The number of rotatable bonds is 4. The van der Waals surface area contributed by atoms with Gasteiger partial charge >= 0.3 is 0 Å². The van der Waals surface area contributed by atoms with E-state index in [2.05, 4.69) is 0 Å². The van der Waals surface area contributed by atoms with E-state index in [9.17, 15) is 5.11 Å². The van der Waals surface area contributed by atoms with Gasteiger partial charge in [-0.2, -0.15) is 0 Å². The molecule has 1 N–H and O–H groups in total. The van der Waals surface area contributed by atoms with Crippen molar-refractivity contribution < 1.29 is 14.6 Å². The number of aliphatic hydroxyl groups is 1. The van der Waals surface area contributed by atoms with Gasteiger partial charge in [-0.25, -0.2) is 0 Å². The molecule has 0 radical (unpaired) electrons. The highest BCUT2D eigenvalue weighted by Crippen LogP contribution is 2.41. The van der Waals surface area contributed by atoms with Gasteiger partial charge in [-0.1, -0.05) is 6.07 Å². The van der Waals surface area contributed by atoms with Crippen LogP contribution in [0.4, 0.5) is 0 Å². The van der Waals surface area contributed by atoms with Crippen LogP contribution in [0.15, 0.2) is 12.1 Å². The highest BCUT2D eigenvalue weighted by molar-refractivity contribution is 5.50. The van der Waals surface area contributed by atoms with Crippen LogP contribution in [0.3, 0.4) is 0 Å². The zero-order valence-electron chi connectivity index (χ0n) is 10.0. The standard InChI is InChI=1S/C13H18O3/c1-9-10(8-13(14)6-7-13)4-5-11(15-2)12(9)16-3/h4-5,14H,6-8H2,1-3H3. The Balaban J connectivity index is 2.32. The molecule has 0 aromatic heterocycles. The molecule has 0 bridgehead atoms.